The zero-order valence-corrected chi connectivity index (χ0v) is 17.1. The van der Waals surface area contributed by atoms with Gasteiger partial charge in [-0.2, -0.15) is 5.10 Å². The zero-order valence-electron chi connectivity index (χ0n) is 17.1. The maximum Gasteiger partial charge on any atom is 0.272 e. The maximum atomic E-state index is 14.7. The Morgan fingerprint density at radius 1 is 1.00 bits per heavy atom. The van der Waals surface area contributed by atoms with Crippen LogP contribution < -0.4 is 10.2 Å². The molecule has 1 aliphatic rings. The molecule has 0 aliphatic carbocycles. The molecule has 3 heterocycles. The fourth-order valence-corrected chi connectivity index (χ4v) is 3.83. The lowest BCUT2D eigenvalue weighted by Crippen LogP contribution is -2.46. The summed E-state index contributed by atoms with van der Waals surface area (Å²) in [7, 11) is 1.61. The number of benzodiazepines with no additional fused rings is 1. The van der Waals surface area contributed by atoms with E-state index in [2.05, 4.69) is 15.4 Å². The average molecular weight is 427 g/mol. The first-order valence-corrected chi connectivity index (χ1v) is 9.97. The number of para-hydroxylation sites is 1. The number of pyridine rings is 1. The summed E-state index contributed by atoms with van der Waals surface area (Å²) >= 11 is 0. The minimum atomic E-state index is -1.24. The number of anilines is 1. The highest BCUT2D eigenvalue weighted by Crippen LogP contribution is 2.28. The van der Waals surface area contributed by atoms with E-state index in [0.29, 0.717) is 28.0 Å². The number of hydrogen-bond donors (Lipinski definition) is 1. The van der Waals surface area contributed by atoms with Crippen LogP contribution in [0.25, 0.3) is 5.52 Å². The van der Waals surface area contributed by atoms with Crippen molar-refractivity contribution in [2.45, 2.75) is 6.17 Å². The molecular weight excluding hydrogens is 409 g/mol. The van der Waals surface area contributed by atoms with Gasteiger partial charge in [0.2, 0.25) is 6.17 Å². The fraction of sp³-hybridized carbons (Fsp3) is 0.0833. The van der Waals surface area contributed by atoms with Crippen LogP contribution in [0.1, 0.15) is 21.5 Å². The molecule has 0 saturated carbocycles. The Morgan fingerprint density at radius 3 is 2.56 bits per heavy atom. The third-order valence-electron chi connectivity index (χ3n) is 5.42. The summed E-state index contributed by atoms with van der Waals surface area (Å²) in [5.74, 6) is -1.38. The molecule has 32 heavy (non-hydrogen) atoms. The number of carbonyl (C=O) groups is 2. The number of aliphatic imine (C=N–C) groups is 1. The van der Waals surface area contributed by atoms with Gasteiger partial charge in [-0.1, -0.05) is 30.3 Å². The third-order valence-corrected chi connectivity index (χ3v) is 5.42. The molecule has 7 nitrogen and oxygen atoms in total. The normalized spacial score (nSPS) is 15.8. The van der Waals surface area contributed by atoms with Crippen molar-refractivity contribution in [2.24, 2.45) is 4.99 Å². The van der Waals surface area contributed by atoms with Gasteiger partial charge in [-0.25, -0.2) is 13.9 Å². The first kappa shape index (κ1) is 19.6. The summed E-state index contributed by atoms with van der Waals surface area (Å²) < 4.78 is 16.3. The molecule has 1 atom stereocenters. The second-order valence-corrected chi connectivity index (χ2v) is 7.33. The highest BCUT2D eigenvalue weighted by atomic mass is 19.1. The van der Waals surface area contributed by atoms with Gasteiger partial charge in [0.15, 0.2) is 0 Å². The van der Waals surface area contributed by atoms with Crippen LogP contribution in [0.15, 0.2) is 84.1 Å². The van der Waals surface area contributed by atoms with Gasteiger partial charge in [0, 0.05) is 24.4 Å². The topological polar surface area (TPSA) is 79.1 Å². The first-order valence-electron chi connectivity index (χ1n) is 9.97. The van der Waals surface area contributed by atoms with Crippen molar-refractivity contribution >= 4 is 28.7 Å². The van der Waals surface area contributed by atoms with E-state index in [1.165, 1.54) is 11.0 Å². The number of likely N-dealkylation sites (N-methyl/N-ethyl adjacent to an activating group) is 1. The van der Waals surface area contributed by atoms with Crippen molar-refractivity contribution in [1.82, 2.24) is 14.9 Å². The van der Waals surface area contributed by atoms with E-state index in [-0.39, 0.29) is 5.56 Å². The van der Waals surface area contributed by atoms with Gasteiger partial charge in [0.1, 0.15) is 5.82 Å². The molecule has 0 bridgehead atoms. The van der Waals surface area contributed by atoms with Crippen LogP contribution in [0.3, 0.4) is 0 Å². The van der Waals surface area contributed by atoms with Crippen molar-refractivity contribution in [3.05, 3.63) is 102 Å². The molecule has 0 saturated heterocycles. The molecule has 5 rings (SSSR count). The van der Waals surface area contributed by atoms with E-state index < -0.39 is 23.8 Å². The second kappa shape index (κ2) is 7.73. The lowest BCUT2D eigenvalue weighted by atomic mass is 10.00. The second-order valence-electron chi connectivity index (χ2n) is 7.33. The predicted molar refractivity (Wildman–Crippen MR) is 118 cm³/mol. The Labute approximate surface area is 182 Å². The molecule has 2 aromatic carbocycles. The lowest BCUT2D eigenvalue weighted by molar-refractivity contribution is -0.119. The van der Waals surface area contributed by atoms with E-state index in [0.717, 1.165) is 0 Å². The Hall–Kier alpha value is -4.33. The number of nitrogens with zero attached hydrogens (tertiary/aromatic N) is 4. The Bertz CT molecular complexity index is 1390. The van der Waals surface area contributed by atoms with E-state index >= 15 is 0 Å². The highest BCUT2D eigenvalue weighted by Gasteiger charge is 2.32. The number of fused-ring (bicyclic) bond motifs is 2. The number of carbonyl (C=O) groups excluding carboxylic acids is 2. The number of aromatic nitrogens is 2. The summed E-state index contributed by atoms with van der Waals surface area (Å²) in [6, 6.07) is 18.4. The fourth-order valence-electron chi connectivity index (χ4n) is 3.83. The number of amides is 2. The SMILES string of the molecule is CN1C(=O)C(NC(=O)c2cccn3nccc23)N=C(c2ccccc2F)c2ccccc21. The zero-order chi connectivity index (χ0) is 22.2. The molecule has 1 aliphatic heterocycles. The van der Waals surface area contributed by atoms with Crippen molar-refractivity contribution in [1.29, 1.82) is 0 Å². The van der Waals surface area contributed by atoms with Crippen LogP contribution >= 0.6 is 0 Å². The molecule has 0 fully saturated rings. The molecular formula is C24H18FN5O2. The molecule has 0 spiro atoms. The number of rotatable bonds is 3. The molecule has 158 valence electrons. The smallest absolute Gasteiger partial charge is 0.272 e. The third kappa shape index (κ3) is 3.22. The van der Waals surface area contributed by atoms with Gasteiger partial charge >= 0.3 is 0 Å². The minimum absolute atomic E-state index is 0.250. The Balaban J connectivity index is 1.61. The van der Waals surface area contributed by atoms with Gasteiger partial charge in [0.05, 0.1) is 28.7 Å². The highest BCUT2D eigenvalue weighted by molar-refractivity contribution is 6.20. The minimum Gasteiger partial charge on any atom is -0.322 e. The summed E-state index contributed by atoms with van der Waals surface area (Å²) in [6.07, 6.45) is 2.07. The van der Waals surface area contributed by atoms with Crippen molar-refractivity contribution in [2.75, 3.05) is 11.9 Å². The van der Waals surface area contributed by atoms with Crippen molar-refractivity contribution in [3.8, 4) is 0 Å². The molecule has 2 amide bonds. The predicted octanol–water partition coefficient (Wildman–Crippen LogP) is 3.04. The van der Waals surface area contributed by atoms with Gasteiger partial charge in [-0.3, -0.25) is 9.59 Å². The van der Waals surface area contributed by atoms with Gasteiger partial charge in [-0.15, -0.1) is 0 Å². The average Bonchev–Trinajstić information content (AvgIpc) is 3.27. The van der Waals surface area contributed by atoms with Crippen LogP contribution in [0.4, 0.5) is 10.1 Å². The summed E-state index contributed by atoms with van der Waals surface area (Å²) in [4.78, 5) is 32.3. The summed E-state index contributed by atoms with van der Waals surface area (Å²) in [6.45, 7) is 0. The standard InChI is InChI=1S/C24H18FN5O2/c1-29-19-11-5-3-8-16(19)21(15-7-2-4-10-18(15)25)27-22(24(29)32)28-23(31)17-9-6-14-30-20(17)12-13-26-30/h2-14,22H,1H3,(H,28,31). The molecule has 4 aromatic rings. The van der Waals surface area contributed by atoms with Crippen LogP contribution in [-0.4, -0.2) is 40.4 Å². The Morgan fingerprint density at radius 2 is 1.75 bits per heavy atom. The first-order chi connectivity index (χ1) is 15.5. The molecule has 8 heteroatoms. The number of benzene rings is 2. The Kier molecular flexibility index (Phi) is 4.74. The van der Waals surface area contributed by atoms with Crippen molar-refractivity contribution < 1.29 is 14.0 Å². The van der Waals surface area contributed by atoms with E-state index in [1.807, 2.05) is 0 Å². The number of hydrogen-bond acceptors (Lipinski definition) is 4. The van der Waals surface area contributed by atoms with Crippen LogP contribution in [-0.2, 0) is 4.79 Å². The van der Waals surface area contributed by atoms with Crippen LogP contribution in [0.2, 0.25) is 0 Å². The van der Waals surface area contributed by atoms with Gasteiger partial charge in [0.25, 0.3) is 11.8 Å². The monoisotopic (exact) mass is 427 g/mol. The van der Waals surface area contributed by atoms with Crippen LogP contribution in [0.5, 0.6) is 0 Å². The van der Waals surface area contributed by atoms with Gasteiger partial charge < -0.3 is 10.2 Å². The summed E-state index contributed by atoms with van der Waals surface area (Å²) in [5.41, 5.74) is 2.67. The molecule has 2 aromatic heterocycles. The van der Waals surface area contributed by atoms with Gasteiger partial charge in [-0.05, 0) is 36.4 Å². The molecule has 0 radical (unpaired) electrons. The molecule has 1 unspecified atom stereocenters. The van der Waals surface area contributed by atoms with Crippen molar-refractivity contribution in [3.63, 3.8) is 0 Å². The van der Waals surface area contributed by atoms with E-state index in [9.17, 15) is 14.0 Å². The quantitative estimate of drug-likeness (QED) is 0.546. The summed E-state index contributed by atoms with van der Waals surface area (Å²) in [5, 5.41) is 6.84. The maximum absolute atomic E-state index is 14.7. The van der Waals surface area contributed by atoms with E-state index in [4.69, 9.17) is 0 Å². The molecule has 1 N–H and O–H groups in total. The van der Waals surface area contributed by atoms with Crippen LogP contribution in [0, 0.1) is 5.82 Å². The largest absolute Gasteiger partial charge is 0.322 e. The number of halogens is 1. The van der Waals surface area contributed by atoms with E-state index in [1.54, 1.807) is 84.6 Å². The lowest BCUT2D eigenvalue weighted by Gasteiger charge is -2.21. The number of nitrogens with one attached hydrogen (secondary N) is 1.